The van der Waals surface area contributed by atoms with Crippen LogP contribution < -0.4 is 5.73 Å². The van der Waals surface area contributed by atoms with E-state index < -0.39 is 0 Å². The number of nitrogens with two attached hydrogens (primary N) is 1. The zero-order chi connectivity index (χ0) is 15.0. The fourth-order valence-corrected chi connectivity index (χ4v) is 3.39. The second-order valence-corrected chi connectivity index (χ2v) is 6.70. The zero-order valence-electron chi connectivity index (χ0n) is 12.4. The van der Waals surface area contributed by atoms with E-state index in [2.05, 4.69) is 33.1 Å². The highest BCUT2D eigenvalue weighted by atomic mass is 79.9. The van der Waals surface area contributed by atoms with Gasteiger partial charge >= 0.3 is 0 Å². The lowest BCUT2D eigenvalue weighted by Crippen LogP contribution is -2.49. The maximum absolute atomic E-state index is 12.8. The van der Waals surface area contributed by atoms with Crippen LogP contribution in [0.15, 0.2) is 22.7 Å². The largest absolute Gasteiger partial charge is 0.333 e. The standard InChI is InChI=1S/C15H19BrN4O.ClH/c1-9-4-5-20(11(6-9)8-17)15(21)14-12-7-10(16)2-3-13(12)18-19-14;/h2-3,7,9,11H,4-6,8,17H2,1H3,(H,18,19);1H. The van der Waals surface area contributed by atoms with Gasteiger partial charge in [0, 0.05) is 29.0 Å². The average Bonchev–Trinajstić information content (AvgIpc) is 2.89. The summed E-state index contributed by atoms with van der Waals surface area (Å²) in [6.07, 6.45) is 1.99. The highest BCUT2D eigenvalue weighted by Crippen LogP contribution is 2.26. The summed E-state index contributed by atoms with van der Waals surface area (Å²) in [6.45, 7) is 3.47. The molecule has 120 valence electrons. The first-order chi connectivity index (χ1) is 10.1. The monoisotopic (exact) mass is 386 g/mol. The van der Waals surface area contributed by atoms with Gasteiger partial charge in [0.25, 0.3) is 5.91 Å². The minimum Gasteiger partial charge on any atom is -0.333 e. The number of carbonyl (C=O) groups excluding carboxylic acids is 1. The Bertz CT molecular complexity index is 675. The molecule has 2 aromatic rings. The van der Waals surface area contributed by atoms with Crippen LogP contribution in [0.2, 0.25) is 0 Å². The summed E-state index contributed by atoms with van der Waals surface area (Å²) in [5, 5.41) is 8.00. The van der Waals surface area contributed by atoms with Gasteiger partial charge < -0.3 is 10.6 Å². The van der Waals surface area contributed by atoms with Gasteiger partial charge in [0.1, 0.15) is 0 Å². The number of halogens is 2. The molecule has 22 heavy (non-hydrogen) atoms. The van der Waals surface area contributed by atoms with Crippen molar-refractivity contribution in [1.29, 1.82) is 0 Å². The zero-order valence-corrected chi connectivity index (χ0v) is 14.8. The van der Waals surface area contributed by atoms with Crippen LogP contribution in [0.1, 0.15) is 30.3 Å². The van der Waals surface area contributed by atoms with Gasteiger partial charge in [-0.25, -0.2) is 0 Å². The molecule has 2 unspecified atom stereocenters. The summed E-state index contributed by atoms with van der Waals surface area (Å²) < 4.78 is 0.938. The summed E-state index contributed by atoms with van der Waals surface area (Å²) in [7, 11) is 0. The molecule has 5 nitrogen and oxygen atoms in total. The van der Waals surface area contributed by atoms with E-state index in [1.165, 1.54) is 0 Å². The molecule has 0 bridgehead atoms. The maximum Gasteiger partial charge on any atom is 0.275 e. The number of benzene rings is 1. The van der Waals surface area contributed by atoms with Gasteiger partial charge in [-0.05, 0) is 37.0 Å². The lowest BCUT2D eigenvalue weighted by atomic mass is 9.92. The average molecular weight is 388 g/mol. The summed E-state index contributed by atoms with van der Waals surface area (Å²) in [5.74, 6) is 0.592. The number of aromatic amines is 1. The van der Waals surface area contributed by atoms with Crippen molar-refractivity contribution in [3.05, 3.63) is 28.4 Å². The Balaban J connectivity index is 0.00000176. The molecule has 0 aliphatic carbocycles. The molecule has 1 fully saturated rings. The summed E-state index contributed by atoms with van der Waals surface area (Å²) in [5.41, 5.74) is 7.21. The second-order valence-electron chi connectivity index (χ2n) is 5.78. The normalized spacial score (nSPS) is 21.7. The highest BCUT2D eigenvalue weighted by molar-refractivity contribution is 9.10. The van der Waals surface area contributed by atoms with Crippen molar-refractivity contribution in [1.82, 2.24) is 15.1 Å². The molecule has 2 atom stereocenters. The molecule has 1 aromatic heterocycles. The Morgan fingerprint density at radius 1 is 1.55 bits per heavy atom. The fraction of sp³-hybridized carbons (Fsp3) is 0.467. The van der Waals surface area contributed by atoms with E-state index in [1.54, 1.807) is 0 Å². The molecule has 1 aromatic carbocycles. The van der Waals surface area contributed by atoms with Crippen molar-refractivity contribution in [3.63, 3.8) is 0 Å². The number of amides is 1. The SMILES string of the molecule is CC1CCN(C(=O)c2n[nH]c3ccc(Br)cc23)C(CN)C1.Cl. The first-order valence-corrected chi connectivity index (χ1v) is 8.04. The van der Waals surface area contributed by atoms with E-state index in [0.717, 1.165) is 34.8 Å². The van der Waals surface area contributed by atoms with Gasteiger partial charge in [-0.1, -0.05) is 22.9 Å². The fourth-order valence-electron chi connectivity index (χ4n) is 3.03. The molecule has 7 heteroatoms. The predicted octanol–water partition coefficient (Wildman–Crippen LogP) is 2.95. The second kappa shape index (κ2) is 6.98. The third kappa shape index (κ3) is 3.14. The molecule has 1 amide bonds. The van der Waals surface area contributed by atoms with Gasteiger partial charge in [0.15, 0.2) is 5.69 Å². The number of nitrogens with zero attached hydrogens (tertiary/aromatic N) is 2. The molecule has 3 N–H and O–H groups in total. The number of likely N-dealkylation sites (tertiary alicyclic amines) is 1. The molecule has 3 rings (SSSR count). The molecule has 0 radical (unpaired) electrons. The van der Waals surface area contributed by atoms with Crippen LogP contribution in [0.3, 0.4) is 0 Å². The molecule has 1 saturated heterocycles. The number of nitrogens with one attached hydrogen (secondary N) is 1. The van der Waals surface area contributed by atoms with Crippen molar-refractivity contribution >= 4 is 45.1 Å². The van der Waals surface area contributed by atoms with Gasteiger partial charge in [0.2, 0.25) is 0 Å². The van der Waals surface area contributed by atoms with E-state index in [1.807, 2.05) is 23.1 Å². The number of hydrogen-bond donors (Lipinski definition) is 2. The first kappa shape index (κ1) is 17.2. The Morgan fingerprint density at radius 3 is 3.05 bits per heavy atom. The number of H-pyrrole nitrogens is 1. The smallest absolute Gasteiger partial charge is 0.275 e. The number of rotatable bonds is 2. The van der Waals surface area contributed by atoms with Crippen molar-refractivity contribution in [2.75, 3.05) is 13.1 Å². The summed E-state index contributed by atoms with van der Waals surface area (Å²) in [4.78, 5) is 14.7. The molecular weight excluding hydrogens is 368 g/mol. The van der Waals surface area contributed by atoms with Crippen molar-refractivity contribution in [2.24, 2.45) is 11.7 Å². The Labute approximate surface area is 144 Å². The summed E-state index contributed by atoms with van der Waals surface area (Å²) >= 11 is 3.44. The van der Waals surface area contributed by atoms with Crippen LogP contribution >= 0.6 is 28.3 Å². The Hall–Kier alpha value is -1.11. The number of aromatic nitrogens is 2. The van der Waals surface area contributed by atoms with Crippen LogP contribution in [-0.2, 0) is 0 Å². The van der Waals surface area contributed by atoms with E-state index in [9.17, 15) is 4.79 Å². The van der Waals surface area contributed by atoms with Crippen LogP contribution in [0.25, 0.3) is 10.9 Å². The Kier molecular flexibility index (Phi) is 5.47. The number of hydrogen-bond acceptors (Lipinski definition) is 3. The molecule has 2 heterocycles. The van der Waals surface area contributed by atoms with Gasteiger partial charge in [0.05, 0.1) is 5.52 Å². The van der Waals surface area contributed by atoms with E-state index >= 15 is 0 Å². The van der Waals surface area contributed by atoms with Crippen LogP contribution in [0.5, 0.6) is 0 Å². The highest BCUT2D eigenvalue weighted by Gasteiger charge is 2.31. The topological polar surface area (TPSA) is 75.0 Å². The molecule has 0 spiro atoms. The minimum atomic E-state index is -0.0262. The van der Waals surface area contributed by atoms with Crippen LogP contribution in [0.4, 0.5) is 0 Å². The predicted molar refractivity (Wildman–Crippen MR) is 93.3 cm³/mol. The van der Waals surface area contributed by atoms with Crippen molar-refractivity contribution in [3.8, 4) is 0 Å². The third-order valence-corrected chi connectivity index (χ3v) is 4.73. The van der Waals surface area contributed by atoms with Gasteiger partial charge in [-0.3, -0.25) is 9.89 Å². The molecule has 1 aliphatic heterocycles. The quantitative estimate of drug-likeness (QED) is 0.832. The Morgan fingerprint density at radius 2 is 2.32 bits per heavy atom. The van der Waals surface area contributed by atoms with E-state index in [-0.39, 0.29) is 24.4 Å². The lowest BCUT2D eigenvalue weighted by molar-refractivity contribution is 0.0569. The minimum absolute atomic E-state index is 0. The number of piperidine rings is 1. The van der Waals surface area contributed by atoms with Gasteiger partial charge in [-0.2, -0.15) is 5.10 Å². The first-order valence-electron chi connectivity index (χ1n) is 7.24. The van der Waals surface area contributed by atoms with Crippen molar-refractivity contribution < 1.29 is 4.79 Å². The number of fused-ring (bicyclic) bond motifs is 1. The molecule has 0 saturated carbocycles. The van der Waals surface area contributed by atoms with Crippen LogP contribution in [0, 0.1) is 5.92 Å². The lowest BCUT2D eigenvalue weighted by Gasteiger charge is -2.37. The van der Waals surface area contributed by atoms with Crippen molar-refractivity contribution in [2.45, 2.75) is 25.8 Å². The molecule has 1 aliphatic rings. The molecular formula is C15H20BrClN4O. The maximum atomic E-state index is 12.8. The van der Waals surface area contributed by atoms with E-state index in [4.69, 9.17) is 5.73 Å². The van der Waals surface area contributed by atoms with Crippen LogP contribution in [-0.4, -0.2) is 40.1 Å². The van der Waals surface area contributed by atoms with Gasteiger partial charge in [-0.15, -0.1) is 12.4 Å². The summed E-state index contributed by atoms with van der Waals surface area (Å²) in [6, 6.07) is 5.89. The third-order valence-electron chi connectivity index (χ3n) is 4.24. The number of carbonyl (C=O) groups is 1. The van der Waals surface area contributed by atoms with E-state index in [0.29, 0.717) is 18.2 Å².